The second-order valence-electron chi connectivity index (χ2n) is 6.26. The second-order valence-corrected chi connectivity index (χ2v) is 6.26. The van der Waals surface area contributed by atoms with Gasteiger partial charge in [-0.05, 0) is 44.2 Å². The molecule has 2 N–H and O–H groups in total. The zero-order valence-corrected chi connectivity index (χ0v) is 16.2. The number of aromatic nitrogens is 1. The predicted molar refractivity (Wildman–Crippen MR) is 105 cm³/mol. The Balaban J connectivity index is 1.84. The molecule has 8 nitrogen and oxygen atoms in total. The highest BCUT2D eigenvalue weighted by molar-refractivity contribution is 6.07. The van der Waals surface area contributed by atoms with Gasteiger partial charge in [-0.3, -0.25) is 4.79 Å². The molecular formula is C21H20N2O6. The summed E-state index contributed by atoms with van der Waals surface area (Å²) < 4.78 is 16.2. The fraction of sp³-hybridized carbons (Fsp3) is 0.190. The number of hydrogen-bond acceptors (Lipinski definition) is 6. The molecule has 0 bridgehead atoms. The average molecular weight is 396 g/mol. The van der Waals surface area contributed by atoms with Gasteiger partial charge in [-0.25, -0.2) is 4.79 Å². The highest BCUT2D eigenvalue weighted by Gasteiger charge is 2.17. The Labute approximate surface area is 167 Å². The first kappa shape index (κ1) is 19.9. The van der Waals surface area contributed by atoms with Crippen LogP contribution in [0.1, 0.15) is 37.7 Å². The highest BCUT2D eigenvalue weighted by atomic mass is 16.5. The van der Waals surface area contributed by atoms with Gasteiger partial charge in [0.1, 0.15) is 23.9 Å². The quantitative estimate of drug-likeness (QED) is 0.624. The molecule has 3 rings (SSSR count). The molecule has 0 radical (unpaired) electrons. The van der Waals surface area contributed by atoms with E-state index in [-0.39, 0.29) is 17.9 Å². The van der Waals surface area contributed by atoms with Gasteiger partial charge in [-0.2, -0.15) is 0 Å². The number of aryl methyl sites for hydroxylation is 2. The van der Waals surface area contributed by atoms with Gasteiger partial charge in [0.25, 0.3) is 5.91 Å². The Bertz CT molecular complexity index is 1040. The molecule has 0 aliphatic carbocycles. The molecule has 8 heteroatoms. The van der Waals surface area contributed by atoms with E-state index >= 15 is 0 Å². The molecule has 0 unspecified atom stereocenters. The summed E-state index contributed by atoms with van der Waals surface area (Å²) in [5.41, 5.74) is 2.11. The first-order valence-electron chi connectivity index (χ1n) is 8.77. The molecule has 0 aliphatic rings. The fourth-order valence-corrected chi connectivity index (χ4v) is 2.77. The molecule has 1 aromatic heterocycles. The topological polar surface area (TPSA) is 111 Å². The lowest BCUT2D eigenvalue weighted by Gasteiger charge is -2.14. The maximum Gasteiger partial charge on any atom is 0.335 e. The Hall–Kier alpha value is -3.81. The number of aromatic carboxylic acids is 1. The number of carboxylic acid groups (broad SMARTS) is 1. The number of nitrogens with one attached hydrogen (secondary N) is 1. The SMILES string of the molecule is COc1ccc(C(=O)O)cc1NC(=O)c1ccccc1OCc1c(C)noc1C. The zero-order valence-electron chi connectivity index (χ0n) is 16.2. The molecule has 1 amide bonds. The lowest BCUT2D eigenvalue weighted by atomic mass is 10.1. The van der Waals surface area contributed by atoms with E-state index in [4.69, 9.17) is 14.0 Å². The summed E-state index contributed by atoms with van der Waals surface area (Å²) in [6, 6.07) is 11.0. The maximum atomic E-state index is 12.9. The number of hydrogen-bond donors (Lipinski definition) is 2. The Morgan fingerprint density at radius 1 is 1.14 bits per heavy atom. The Kier molecular flexibility index (Phi) is 5.82. The average Bonchev–Trinajstić information content (AvgIpc) is 3.04. The van der Waals surface area contributed by atoms with Crippen molar-refractivity contribution in [3.8, 4) is 11.5 Å². The van der Waals surface area contributed by atoms with Gasteiger partial charge in [-0.1, -0.05) is 17.3 Å². The molecule has 0 fully saturated rings. The molecule has 0 spiro atoms. The number of para-hydroxylation sites is 1. The van der Waals surface area contributed by atoms with Gasteiger partial charge in [0.15, 0.2) is 0 Å². The number of benzene rings is 2. The van der Waals surface area contributed by atoms with Crippen LogP contribution in [0.4, 0.5) is 5.69 Å². The van der Waals surface area contributed by atoms with E-state index in [0.29, 0.717) is 22.8 Å². The number of rotatable bonds is 7. The number of amides is 1. The van der Waals surface area contributed by atoms with E-state index in [1.807, 2.05) is 6.92 Å². The van der Waals surface area contributed by atoms with E-state index in [1.54, 1.807) is 31.2 Å². The summed E-state index contributed by atoms with van der Waals surface area (Å²) in [6.45, 7) is 3.80. The minimum atomic E-state index is -1.11. The predicted octanol–water partition coefficient (Wildman–Crippen LogP) is 3.83. The minimum absolute atomic E-state index is 0.0315. The molecule has 150 valence electrons. The Morgan fingerprint density at radius 3 is 2.55 bits per heavy atom. The van der Waals surface area contributed by atoms with Crippen LogP contribution in [0.2, 0.25) is 0 Å². The third-order valence-corrected chi connectivity index (χ3v) is 4.38. The summed E-state index contributed by atoms with van der Waals surface area (Å²) >= 11 is 0. The molecule has 29 heavy (non-hydrogen) atoms. The van der Waals surface area contributed by atoms with Crippen LogP contribution in [-0.4, -0.2) is 29.2 Å². The fourth-order valence-electron chi connectivity index (χ4n) is 2.77. The van der Waals surface area contributed by atoms with Crippen molar-refractivity contribution in [1.82, 2.24) is 5.16 Å². The van der Waals surface area contributed by atoms with Crippen molar-refractivity contribution in [2.24, 2.45) is 0 Å². The van der Waals surface area contributed by atoms with Crippen molar-refractivity contribution in [3.05, 3.63) is 70.6 Å². The van der Waals surface area contributed by atoms with E-state index in [1.165, 1.54) is 25.3 Å². The lowest BCUT2D eigenvalue weighted by molar-refractivity contribution is 0.0696. The van der Waals surface area contributed by atoms with Crippen LogP contribution in [0.3, 0.4) is 0 Å². The van der Waals surface area contributed by atoms with Crippen molar-refractivity contribution in [3.63, 3.8) is 0 Å². The second kappa shape index (κ2) is 8.47. The largest absolute Gasteiger partial charge is 0.495 e. The van der Waals surface area contributed by atoms with Crippen LogP contribution in [0, 0.1) is 13.8 Å². The van der Waals surface area contributed by atoms with Crippen molar-refractivity contribution < 1.29 is 28.7 Å². The van der Waals surface area contributed by atoms with Gasteiger partial charge in [0.05, 0.1) is 35.2 Å². The monoisotopic (exact) mass is 396 g/mol. The van der Waals surface area contributed by atoms with E-state index in [9.17, 15) is 14.7 Å². The summed E-state index contributed by atoms with van der Waals surface area (Å²) in [6.07, 6.45) is 0. The molecule has 2 aromatic carbocycles. The van der Waals surface area contributed by atoms with Gasteiger partial charge < -0.3 is 24.4 Å². The number of carboxylic acids is 1. The summed E-state index contributed by atoms with van der Waals surface area (Å²) in [5, 5.41) is 15.8. The third-order valence-electron chi connectivity index (χ3n) is 4.38. The van der Waals surface area contributed by atoms with Crippen LogP contribution in [0.25, 0.3) is 0 Å². The number of carbonyl (C=O) groups is 2. The lowest BCUT2D eigenvalue weighted by Crippen LogP contribution is -2.15. The van der Waals surface area contributed by atoms with Crippen LogP contribution < -0.4 is 14.8 Å². The zero-order chi connectivity index (χ0) is 21.0. The first-order chi connectivity index (χ1) is 13.9. The summed E-state index contributed by atoms with van der Waals surface area (Å²) in [5.74, 6) is -0.193. The van der Waals surface area contributed by atoms with Crippen molar-refractivity contribution >= 4 is 17.6 Å². The highest BCUT2D eigenvalue weighted by Crippen LogP contribution is 2.28. The van der Waals surface area contributed by atoms with Crippen molar-refractivity contribution in [2.75, 3.05) is 12.4 Å². The summed E-state index contributed by atoms with van der Waals surface area (Å²) in [7, 11) is 1.44. The van der Waals surface area contributed by atoms with Gasteiger partial charge in [0.2, 0.25) is 0 Å². The first-order valence-corrected chi connectivity index (χ1v) is 8.77. The number of anilines is 1. The normalized spacial score (nSPS) is 10.4. The van der Waals surface area contributed by atoms with Crippen molar-refractivity contribution in [2.45, 2.75) is 20.5 Å². The molecule has 0 saturated heterocycles. The van der Waals surface area contributed by atoms with Crippen LogP contribution in [0.15, 0.2) is 47.0 Å². The Morgan fingerprint density at radius 2 is 1.90 bits per heavy atom. The minimum Gasteiger partial charge on any atom is -0.495 e. The van der Waals surface area contributed by atoms with Crippen LogP contribution in [-0.2, 0) is 6.61 Å². The summed E-state index contributed by atoms with van der Waals surface area (Å²) in [4.78, 5) is 24.1. The molecule has 0 saturated carbocycles. The standard InChI is InChI=1S/C21H20N2O6/c1-12-16(13(2)29-23-12)11-28-18-7-5-4-6-15(18)20(24)22-17-10-14(21(25)26)8-9-19(17)27-3/h4-10H,11H2,1-3H3,(H,22,24)(H,25,26). The molecule has 1 heterocycles. The van der Waals surface area contributed by atoms with Crippen LogP contribution in [0.5, 0.6) is 11.5 Å². The van der Waals surface area contributed by atoms with Crippen molar-refractivity contribution in [1.29, 1.82) is 0 Å². The van der Waals surface area contributed by atoms with Gasteiger partial charge >= 0.3 is 5.97 Å². The van der Waals surface area contributed by atoms with Crippen LogP contribution >= 0.6 is 0 Å². The number of methoxy groups -OCH3 is 1. The molecule has 0 atom stereocenters. The molecule has 3 aromatic rings. The third kappa shape index (κ3) is 4.37. The molecule has 0 aliphatic heterocycles. The molecular weight excluding hydrogens is 376 g/mol. The number of carbonyl (C=O) groups excluding carboxylic acids is 1. The van der Waals surface area contributed by atoms with Gasteiger partial charge in [0, 0.05) is 0 Å². The maximum absolute atomic E-state index is 12.9. The smallest absolute Gasteiger partial charge is 0.335 e. The van der Waals surface area contributed by atoms with E-state index in [2.05, 4.69) is 10.5 Å². The number of ether oxygens (including phenoxy) is 2. The number of nitrogens with zero attached hydrogens (tertiary/aromatic N) is 1. The van der Waals surface area contributed by atoms with E-state index in [0.717, 1.165) is 11.3 Å². The van der Waals surface area contributed by atoms with Gasteiger partial charge in [-0.15, -0.1) is 0 Å². The van der Waals surface area contributed by atoms with E-state index < -0.39 is 11.9 Å².